The third-order valence-electron chi connectivity index (χ3n) is 4.58. The zero-order valence-corrected chi connectivity index (χ0v) is 14.7. The molecule has 0 saturated carbocycles. The molecule has 0 aromatic heterocycles. The highest BCUT2D eigenvalue weighted by Gasteiger charge is 2.20. The summed E-state index contributed by atoms with van der Waals surface area (Å²) < 4.78 is 18.8. The predicted molar refractivity (Wildman–Crippen MR) is 96.6 cm³/mol. The fourth-order valence-corrected chi connectivity index (χ4v) is 3.29. The van der Waals surface area contributed by atoms with Crippen LogP contribution in [0, 0.1) is 5.82 Å². The number of carbonyl (C=O) groups is 1. The molecule has 5 heteroatoms. The average molecular weight is 342 g/mol. The first-order chi connectivity index (χ1) is 12.1. The maximum atomic E-state index is 13.6. The minimum absolute atomic E-state index is 0.239. The van der Waals surface area contributed by atoms with Crippen molar-refractivity contribution in [1.29, 1.82) is 0 Å². The number of hydrogen-bond donors (Lipinski definition) is 0. The summed E-state index contributed by atoms with van der Waals surface area (Å²) in [6.45, 7) is 2.56. The second-order valence-corrected chi connectivity index (χ2v) is 6.33. The highest BCUT2D eigenvalue weighted by atomic mass is 19.1. The maximum Gasteiger partial charge on any atom is 0.257 e. The number of hydrogen-bond acceptors (Lipinski definition) is 3. The molecule has 1 saturated heterocycles. The first-order valence-electron chi connectivity index (χ1n) is 8.52. The van der Waals surface area contributed by atoms with Gasteiger partial charge in [0.05, 0.1) is 12.7 Å². The van der Waals surface area contributed by atoms with Crippen molar-refractivity contribution in [2.24, 2.45) is 0 Å². The minimum atomic E-state index is -0.449. The third kappa shape index (κ3) is 3.76. The Morgan fingerprint density at radius 1 is 1.20 bits per heavy atom. The monoisotopic (exact) mass is 342 g/mol. The van der Waals surface area contributed by atoms with Gasteiger partial charge in [-0.1, -0.05) is 18.2 Å². The Labute approximate surface area is 147 Å². The number of halogens is 1. The van der Waals surface area contributed by atoms with E-state index in [1.54, 1.807) is 11.9 Å². The van der Waals surface area contributed by atoms with Crippen LogP contribution in [0.15, 0.2) is 42.5 Å². The smallest absolute Gasteiger partial charge is 0.257 e. The van der Waals surface area contributed by atoms with Crippen molar-refractivity contribution in [2.45, 2.75) is 19.4 Å². The van der Waals surface area contributed by atoms with E-state index in [2.05, 4.69) is 11.0 Å². The Hall–Kier alpha value is -2.56. The van der Waals surface area contributed by atoms with Crippen molar-refractivity contribution in [3.8, 4) is 5.75 Å². The number of anilines is 1. The lowest BCUT2D eigenvalue weighted by atomic mass is 10.1. The molecule has 0 aliphatic carbocycles. The molecule has 0 spiro atoms. The predicted octanol–water partition coefficient (Wildman–Crippen LogP) is 3.71. The number of benzene rings is 2. The molecule has 4 nitrogen and oxygen atoms in total. The van der Waals surface area contributed by atoms with Crippen molar-refractivity contribution >= 4 is 11.6 Å². The minimum Gasteiger partial charge on any atom is -0.496 e. The third-order valence-corrected chi connectivity index (χ3v) is 4.58. The summed E-state index contributed by atoms with van der Waals surface area (Å²) in [4.78, 5) is 16.7. The van der Waals surface area contributed by atoms with E-state index >= 15 is 0 Å². The van der Waals surface area contributed by atoms with Crippen LogP contribution < -0.4 is 9.64 Å². The summed E-state index contributed by atoms with van der Waals surface area (Å²) in [6.07, 6.45) is 2.40. The van der Waals surface area contributed by atoms with Crippen molar-refractivity contribution in [1.82, 2.24) is 4.90 Å². The summed E-state index contributed by atoms with van der Waals surface area (Å²) in [6, 6.07) is 12.1. The molecule has 0 N–H and O–H groups in total. The van der Waals surface area contributed by atoms with Crippen LogP contribution in [0.25, 0.3) is 0 Å². The van der Waals surface area contributed by atoms with E-state index in [4.69, 9.17) is 4.74 Å². The van der Waals surface area contributed by atoms with Gasteiger partial charge in [0.1, 0.15) is 11.6 Å². The number of methoxy groups -OCH3 is 1. The second-order valence-electron chi connectivity index (χ2n) is 6.33. The molecule has 2 aromatic rings. The van der Waals surface area contributed by atoms with E-state index < -0.39 is 5.82 Å². The lowest BCUT2D eigenvalue weighted by molar-refractivity contribution is 0.0781. The van der Waals surface area contributed by atoms with Crippen LogP contribution >= 0.6 is 0 Å². The van der Waals surface area contributed by atoms with Crippen LogP contribution in [0.4, 0.5) is 10.1 Å². The SMILES string of the molecule is COc1ccc(F)cc1C(=O)N(C)Cc1ccccc1N1CCCC1. The normalized spacial score (nSPS) is 13.8. The number of para-hydroxylation sites is 1. The zero-order valence-electron chi connectivity index (χ0n) is 14.7. The molecule has 1 amide bonds. The fraction of sp³-hybridized carbons (Fsp3) is 0.350. The van der Waals surface area contributed by atoms with Gasteiger partial charge in [-0.05, 0) is 42.7 Å². The molecule has 25 heavy (non-hydrogen) atoms. The van der Waals surface area contributed by atoms with E-state index in [0.717, 1.165) is 18.7 Å². The maximum absolute atomic E-state index is 13.6. The summed E-state index contributed by atoms with van der Waals surface area (Å²) in [5.74, 6) is -0.325. The van der Waals surface area contributed by atoms with E-state index in [1.165, 1.54) is 43.8 Å². The summed E-state index contributed by atoms with van der Waals surface area (Å²) in [7, 11) is 3.21. The molecule has 1 aliphatic heterocycles. The van der Waals surface area contributed by atoms with Gasteiger partial charge in [-0.15, -0.1) is 0 Å². The molecular formula is C20H23FN2O2. The van der Waals surface area contributed by atoms with E-state index in [-0.39, 0.29) is 11.5 Å². The van der Waals surface area contributed by atoms with E-state index in [1.807, 2.05) is 18.2 Å². The van der Waals surface area contributed by atoms with Crippen LogP contribution in [0.1, 0.15) is 28.8 Å². The van der Waals surface area contributed by atoms with Gasteiger partial charge >= 0.3 is 0 Å². The molecule has 2 aromatic carbocycles. The van der Waals surface area contributed by atoms with Gasteiger partial charge in [-0.25, -0.2) is 4.39 Å². The molecule has 3 rings (SSSR count). The number of amides is 1. The number of nitrogens with zero attached hydrogens (tertiary/aromatic N) is 2. The lowest BCUT2D eigenvalue weighted by Gasteiger charge is -2.25. The molecular weight excluding hydrogens is 319 g/mol. The topological polar surface area (TPSA) is 32.8 Å². The summed E-state index contributed by atoms with van der Waals surface area (Å²) >= 11 is 0. The van der Waals surface area contributed by atoms with Gasteiger partial charge in [0.25, 0.3) is 5.91 Å². The molecule has 1 heterocycles. The summed E-state index contributed by atoms with van der Waals surface area (Å²) in [5, 5.41) is 0. The quantitative estimate of drug-likeness (QED) is 0.830. The Balaban J connectivity index is 1.82. The fourth-order valence-electron chi connectivity index (χ4n) is 3.29. The van der Waals surface area contributed by atoms with E-state index in [9.17, 15) is 9.18 Å². The molecule has 1 fully saturated rings. The van der Waals surface area contributed by atoms with Crippen LogP contribution in [0.5, 0.6) is 5.75 Å². The van der Waals surface area contributed by atoms with Crippen molar-refractivity contribution in [3.63, 3.8) is 0 Å². The average Bonchev–Trinajstić information content (AvgIpc) is 3.16. The molecule has 132 valence electrons. The molecule has 0 radical (unpaired) electrons. The Morgan fingerprint density at radius 3 is 2.64 bits per heavy atom. The van der Waals surface area contributed by atoms with Crippen molar-refractivity contribution in [2.75, 3.05) is 32.1 Å². The first-order valence-corrected chi connectivity index (χ1v) is 8.52. The van der Waals surface area contributed by atoms with Crippen molar-refractivity contribution in [3.05, 3.63) is 59.4 Å². The van der Waals surface area contributed by atoms with Gasteiger partial charge in [0.15, 0.2) is 0 Å². The van der Waals surface area contributed by atoms with Crippen LogP contribution in [0.3, 0.4) is 0 Å². The standard InChI is InChI=1S/C20H23FN2O2/c1-22(20(24)17-13-16(21)9-10-19(17)25-2)14-15-7-3-4-8-18(15)23-11-5-6-12-23/h3-4,7-10,13H,5-6,11-12,14H2,1-2H3. The van der Waals surface area contributed by atoms with Crippen LogP contribution in [0.2, 0.25) is 0 Å². The number of ether oxygens (including phenoxy) is 1. The first kappa shape index (κ1) is 17.3. The number of carbonyl (C=O) groups excluding carboxylic acids is 1. The molecule has 0 bridgehead atoms. The summed E-state index contributed by atoms with van der Waals surface area (Å²) in [5.41, 5.74) is 2.50. The van der Waals surface area contributed by atoms with Crippen molar-refractivity contribution < 1.29 is 13.9 Å². The van der Waals surface area contributed by atoms with Gasteiger partial charge < -0.3 is 14.5 Å². The van der Waals surface area contributed by atoms with E-state index in [0.29, 0.717) is 12.3 Å². The molecule has 0 unspecified atom stereocenters. The van der Waals surface area contributed by atoms with Gasteiger partial charge in [-0.3, -0.25) is 4.79 Å². The Morgan fingerprint density at radius 2 is 1.92 bits per heavy atom. The lowest BCUT2D eigenvalue weighted by Crippen LogP contribution is -2.28. The zero-order chi connectivity index (χ0) is 17.8. The van der Waals surface area contributed by atoms with Crippen LogP contribution in [-0.2, 0) is 6.54 Å². The van der Waals surface area contributed by atoms with Gasteiger partial charge in [0, 0.05) is 32.4 Å². The van der Waals surface area contributed by atoms with Gasteiger partial charge in [0.2, 0.25) is 0 Å². The highest BCUT2D eigenvalue weighted by molar-refractivity contribution is 5.96. The Bertz CT molecular complexity index is 757. The van der Waals surface area contributed by atoms with Crippen LogP contribution in [-0.4, -0.2) is 38.1 Å². The van der Waals surface area contributed by atoms with Gasteiger partial charge in [-0.2, -0.15) is 0 Å². The second kappa shape index (κ2) is 7.55. The highest BCUT2D eigenvalue weighted by Crippen LogP contribution is 2.27. The Kier molecular flexibility index (Phi) is 5.22. The largest absolute Gasteiger partial charge is 0.496 e. The molecule has 1 aliphatic rings. The number of rotatable bonds is 5. The molecule has 0 atom stereocenters.